The molecule has 2 heterocycles. The van der Waals surface area contributed by atoms with E-state index in [0.29, 0.717) is 19.5 Å². The average Bonchev–Trinajstić information content (AvgIpc) is 2.93. The Morgan fingerprint density at radius 1 is 1.15 bits per heavy atom. The molecule has 0 aromatic heterocycles. The van der Waals surface area contributed by atoms with E-state index in [1.807, 2.05) is 29.2 Å². The molecule has 0 bridgehead atoms. The quantitative estimate of drug-likeness (QED) is 0.709. The molecule has 0 aliphatic carbocycles. The van der Waals surface area contributed by atoms with Gasteiger partial charge in [-0.1, -0.05) is 24.3 Å². The Balaban J connectivity index is 1.60. The Bertz CT molecular complexity index is 734. The smallest absolute Gasteiger partial charge is 0.322 e. The molecule has 1 unspecified atom stereocenters. The number of carbonyl (C=O) groups excluding carboxylic acids is 4. The highest BCUT2D eigenvalue weighted by atomic mass is 16.2. The molecule has 2 aliphatic heterocycles. The first-order valence-corrected chi connectivity index (χ1v) is 8.75. The second-order valence-electron chi connectivity index (χ2n) is 6.52. The minimum Gasteiger partial charge on any atom is -0.350 e. The topological polar surface area (TPSA) is 108 Å². The van der Waals surface area contributed by atoms with Crippen LogP contribution in [0.2, 0.25) is 0 Å². The van der Waals surface area contributed by atoms with Crippen molar-refractivity contribution in [1.82, 2.24) is 20.9 Å². The Morgan fingerprint density at radius 2 is 1.92 bits per heavy atom. The zero-order valence-corrected chi connectivity index (χ0v) is 14.4. The maximum absolute atomic E-state index is 12.4. The first-order valence-electron chi connectivity index (χ1n) is 8.75. The van der Waals surface area contributed by atoms with Crippen molar-refractivity contribution in [3.05, 3.63) is 35.4 Å². The summed E-state index contributed by atoms with van der Waals surface area (Å²) in [7, 11) is 0. The van der Waals surface area contributed by atoms with Crippen LogP contribution in [0, 0.1) is 0 Å². The van der Waals surface area contributed by atoms with E-state index in [1.165, 1.54) is 0 Å². The summed E-state index contributed by atoms with van der Waals surface area (Å²) in [6.07, 6.45) is 1.84. The van der Waals surface area contributed by atoms with Gasteiger partial charge in [0.15, 0.2) is 0 Å². The zero-order valence-electron chi connectivity index (χ0n) is 14.4. The van der Waals surface area contributed by atoms with Gasteiger partial charge in [0.1, 0.15) is 6.04 Å². The molecular weight excluding hydrogens is 336 g/mol. The van der Waals surface area contributed by atoms with E-state index in [2.05, 4.69) is 16.0 Å². The molecule has 1 aromatic rings. The Morgan fingerprint density at radius 3 is 2.65 bits per heavy atom. The van der Waals surface area contributed by atoms with Crippen LogP contribution in [0.15, 0.2) is 24.3 Å². The van der Waals surface area contributed by atoms with Crippen molar-refractivity contribution in [2.45, 2.75) is 44.8 Å². The molecule has 0 saturated carbocycles. The standard InChI is InChI=1S/C18H22N4O4/c23-15-8-7-14(20-18(26)21-15)17(25)19-10-12-4-1-2-5-13(12)11-22-9-3-6-16(22)24/h1-2,4-5,14H,3,6-11H2,(H,19,25)(H2,20,21,23,26). The number of urea groups is 1. The lowest BCUT2D eigenvalue weighted by molar-refractivity contribution is -0.128. The summed E-state index contributed by atoms with van der Waals surface area (Å²) in [4.78, 5) is 48.9. The third-order valence-corrected chi connectivity index (χ3v) is 4.64. The Kier molecular flexibility index (Phi) is 5.50. The van der Waals surface area contributed by atoms with Crippen molar-refractivity contribution in [1.29, 1.82) is 0 Å². The molecule has 2 fully saturated rings. The van der Waals surface area contributed by atoms with Crippen LogP contribution in [0.1, 0.15) is 36.8 Å². The Hall–Kier alpha value is -2.90. The van der Waals surface area contributed by atoms with Gasteiger partial charge < -0.3 is 15.5 Å². The van der Waals surface area contributed by atoms with Gasteiger partial charge in [-0.2, -0.15) is 0 Å². The van der Waals surface area contributed by atoms with Crippen molar-refractivity contribution >= 4 is 23.8 Å². The zero-order chi connectivity index (χ0) is 18.5. The third-order valence-electron chi connectivity index (χ3n) is 4.64. The van der Waals surface area contributed by atoms with Crippen LogP contribution in [0.4, 0.5) is 4.79 Å². The number of hydrogen-bond acceptors (Lipinski definition) is 4. The van der Waals surface area contributed by atoms with Gasteiger partial charge in [-0.3, -0.25) is 19.7 Å². The van der Waals surface area contributed by atoms with Crippen molar-refractivity contribution < 1.29 is 19.2 Å². The van der Waals surface area contributed by atoms with Gasteiger partial charge >= 0.3 is 6.03 Å². The predicted molar refractivity (Wildman–Crippen MR) is 92.6 cm³/mol. The van der Waals surface area contributed by atoms with Crippen LogP contribution in [-0.4, -0.2) is 41.2 Å². The molecule has 2 saturated heterocycles. The number of amides is 5. The van der Waals surface area contributed by atoms with Crippen LogP contribution < -0.4 is 16.0 Å². The highest BCUT2D eigenvalue weighted by Gasteiger charge is 2.26. The molecular formula is C18H22N4O4. The van der Waals surface area contributed by atoms with E-state index in [9.17, 15) is 19.2 Å². The van der Waals surface area contributed by atoms with Gasteiger partial charge in [-0.25, -0.2) is 4.79 Å². The number of nitrogens with one attached hydrogen (secondary N) is 3. The van der Waals surface area contributed by atoms with Crippen LogP contribution in [0.3, 0.4) is 0 Å². The van der Waals surface area contributed by atoms with Gasteiger partial charge in [-0.05, 0) is 24.0 Å². The SMILES string of the molecule is O=C1CCC(C(=O)NCc2ccccc2CN2CCCC2=O)NC(=O)N1. The number of likely N-dealkylation sites (tertiary alicyclic amines) is 1. The molecule has 138 valence electrons. The van der Waals surface area contributed by atoms with E-state index < -0.39 is 18.0 Å². The number of benzene rings is 1. The van der Waals surface area contributed by atoms with Crippen LogP contribution >= 0.6 is 0 Å². The largest absolute Gasteiger partial charge is 0.350 e. The molecule has 26 heavy (non-hydrogen) atoms. The summed E-state index contributed by atoms with van der Waals surface area (Å²) >= 11 is 0. The van der Waals surface area contributed by atoms with Crippen LogP contribution in [0.5, 0.6) is 0 Å². The molecule has 0 radical (unpaired) electrons. The Labute approximate surface area is 151 Å². The van der Waals surface area contributed by atoms with E-state index in [0.717, 1.165) is 24.1 Å². The fraction of sp³-hybridized carbons (Fsp3) is 0.444. The fourth-order valence-corrected chi connectivity index (χ4v) is 3.19. The molecule has 1 atom stereocenters. The predicted octanol–water partition coefficient (Wildman–Crippen LogP) is 0.413. The molecule has 8 heteroatoms. The first kappa shape index (κ1) is 17.9. The fourth-order valence-electron chi connectivity index (χ4n) is 3.19. The molecule has 5 amide bonds. The molecule has 3 rings (SSSR count). The summed E-state index contributed by atoms with van der Waals surface area (Å²) in [6.45, 7) is 1.59. The first-order chi connectivity index (χ1) is 12.5. The summed E-state index contributed by atoms with van der Waals surface area (Å²) < 4.78 is 0. The summed E-state index contributed by atoms with van der Waals surface area (Å²) in [6, 6.07) is 6.25. The van der Waals surface area contributed by atoms with Gasteiger partial charge in [-0.15, -0.1) is 0 Å². The minimum atomic E-state index is -0.742. The molecule has 3 N–H and O–H groups in total. The van der Waals surface area contributed by atoms with Gasteiger partial charge in [0.05, 0.1) is 0 Å². The number of hydrogen-bond donors (Lipinski definition) is 3. The molecule has 2 aliphatic rings. The van der Waals surface area contributed by atoms with Gasteiger partial charge in [0.2, 0.25) is 17.7 Å². The van der Waals surface area contributed by atoms with Crippen LogP contribution in [-0.2, 0) is 27.5 Å². The van der Waals surface area contributed by atoms with Crippen molar-refractivity contribution in [2.75, 3.05) is 6.54 Å². The van der Waals surface area contributed by atoms with E-state index in [-0.39, 0.29) is 24.7 Å². The number of nitrogens with zero attached hydrogens (tertiary/aromatic N) is 1. The minimum absolute atomic E-state index is 0.116. The maximum atomic E-state index is 12.4. The van der Waals surface area contributed by atoms with Crippen molar-refractivity contribution in [3.63, 3.8) is 0 Å². The van der Waals surface area contributed by atoms with E-state index in [1.54, 1.807) is 0 Å². The number of imide groups is 1. The highest BCUT2D eigenvalue weighted by Crippen LogP contribution is 2.17. The summed E-state index contributed by atoms with van der Waals surface area (Å²) in [5.74, 6) is -0.567. The lowest BCUT2D eigenvalue weighted by atomic mass is 10.1. The number of carbonyl (C=O) groups is 4. The normalized spacial score (nSPS) is 20.4. The molecule has 1 aromatic carbocycles. The molecule has 8 nitrogen and oxygen atoms in total. The van der Waals surface area contributed by atoms with Crippen molar-refractivity contribution in [2.24, 2.45) is 0 Å². The van der Waals surface area contributed by atoms with E-state index in [4.69, 9.17) is 0 Å². The monoisotopic (exact) mass is 358 g/mol. The molecule has 0 spiro atoms. The summed E-state index contributed by atoms with van der Waals surface area (Å²) in [5, 5.41) is 7.45. The third kappa shape index (κ3) is 4.38. The van der Waals surface area contributed by atoms with Crippen LogP contribution in [0.25, 0.3) is 0 Å². The van der Waals surface area contributed by atoms with Gasteiger partial charge in [0.25, 0.3) is 0 Å². The average molecular weight is 358 g/mol. The lowest BCUT2D eigenvalue weighted by Crippen LogP contribution is -2.48. The maximum Gasteiger partial charge on any atom is 0.322 e. The second-order valence-corrected chi connectivity index (χ2v) is 6.52. The number of rotatable bonds is 5. The summed E-state index contributed by atoms with van der Waals surface area (Å²) in [5.41, 5.74) is 1.92. The second kappa shape index (κ2) is 7.99. The lowest BCUT2D eigenvalue weighted by Gasteiger charge is -2.19. The highest BCUT2D eigenvalue weighted by molar-refractivity contribution is 5.98. The van der Waals surface area contributed by atoms with Gasteiger partial charge in [0, 0.05) is 32.5 Å². The van der Waals surface area contributed by atoms with Crippen molar-refractivity contribution in [3.8, 4) is 0 Å². The van der Waals surface area contributed by atoms with E-state index >= 15 is 0 Å².